The third-order valence-corrected chi connectivity index (χ3v) is 5.33. The van der Waals surface area contributed by atoms with Crippen LogP contribution in [-0.4, -0.2) is 43.1 Å². The minimum atomic E-state index is -0.0223. The molecule has 0 saturated carbocycles. The Kier molecular flexibility index (Phi) is 4.70. The molecule has 25 heavy (non-hydrogen) atoms. The minimum Gasteiger partial charge on any atom is -0.484 e. The Morgan fingerprint density at radius 1 is 1.00 bits per heavy atom. The van der Waals surface area contributed by atoms with Gasteiger partial charge in [0.1, 0.15) is 5.75 Å². The summed E-state index contributed by atoms with van der Waals surface area (Å²) in [5, 5.41) is 3.15. The summed E-state index contributed by atoms with van der Waals surface area (Å²) >= 11 is 0. The number of rotatable bonds is 5. The molecule has 2 aromatic rings. The molecule has 3 aliphatic rings. The van der Waals surface area contributed by atoms with Crippen molar-refractivity contribution in [2.45, 2.75) is 18.9 Å². The average Bonchev–Trinajstić information content (AvgIpc) is 2.68. The molecule has 1 N–H and O–H groups in total. The van der Waals surface area contributed by atoms with Gasteiger partial charge in [-0.3, -0.25) is 4.79 Å². The largest absolute Gasteiger partial charge is 0.484 e. The van der Waals surface area contributed by atoms with Crippen LogP contribution in [0.5, 0.6) is 5.75 Å². The number of ether oxygens (including phenoxy) is 1. The van der Waals surface area contributed by atoms with Crippen LogP contribution in [0.2, 0.25) is 0 Å². The molecule has 1 atom stereocenters. The van der Waals surface area contributed by atoms with Crippen LogP contribution in [-0.2, 0) is 4.79 Å². The summed E-state index contributed by atoms with van der Waals surface area (Å²) in [5.74, 6) is 1.34. The lowest BCUT2D eigenvalue weighted by atomic mass is 9.84. The lowest BCUT2D eigenvalue weighted by molar-refractivity contribution is -0.125. The molecule has 130 valence electrons. The van der Waals surface area contributed by atoms with E-state index in [9.17, 15) is 4.79 Å². The molecule has 1 unspecified atom stereocenters. The number of amides is 1. The fourth-order valence-electron chi connectivity index (χ4n) is 3.90. The highest BCUT2D eigenvalue weighted by atomic mass is 16.5. The molecule has 0 radical (unpaired) electrons. The van der Waals surface area contributed by atoms with Crippen LogP contribution >= 0.6 is 0 Å². The van der Waals surface area contributed by atoms with Crippen molar-refractivity contribution in [2.24, 2.45) is 5.92 Å². The molecule has 3 fully saturated rings. The summed E-state index contributed by atoms with van der Waals surface area (Å²) in [5.41, 5.74) is 2.32. The van der Waals surface area contributed by atoms with Gasteiger partial charge in [-0.2, -0.15) is 0 Å². The van der Waals surface area contributed by atoms with E-state index in [4.69, 9.17) is 4.74 Å². The first-order chi connectivity index (χ1) is 12.3. The van der Waals surface area contributed by atoms with E-state index in [2.05, 4.69) is 22.3 Å². The van der Waals surface area contributed by atoms with E-state index in [1.807, 2.05) is 42.5 Å². The number of hydrogen-bond donors (Lipinski definition) is 1. The zero-order valence-electron chi connectivity index (χ0n) is 14.4. The highest BCUT2D eigenvalue weighted by Gasteiger charge is 2.34. The first kappa shape index (κ1) is 16.2. The second-order valence-corrected chi connectivity index (χ2v) is 6.99. The summed E-state index contributed by atoms with van der Waals surface area (Å²) in [6.45, 7) is 3.43. The van der Waals surface area contributed by atoms with Crippen LogP contribution < -0.4 is 10.1 Å². The van der Waals surface area contributed by atoms with Gasteiger partial charge < -0.3 is 15.0 Å². The summed E-state index contributed by atoms with van der Waals surface area (Å²) < 4.78 is 5.65. The lowest BCUT2D eigenvalue weighted by Gasteiger charge is -2.44. The van der Waals surface area contributed by atoms with Gasteiger partial charge in [0, 0.05) is 12.6 Å². The van der Waals surface area contributed by atoms with Crippen molar-refractivity contribution in [1.29, 1.82) is 0 Å². The molecule has 2 aromatic carbocycles. The van der Waals surface area contributed by atoms with Crippen LogP contribution in [0.25, 0.3) is 11.1 Å². The summed E-state index contributed by atoms with van der Waals surface area (Å²) in [4.78, 5) is 14.6. The van der Waals surface area contributed by atoms with E-state index in [1.54, 1.807) is 0 Å². The maximum absolute atomic E-state index is 12.2. The summed E-state index contributed by atoms with van der Waals surface area (Å²) in [6, 6.07) is 18.4. The van der Waals surface area contributed by atoms with Gasteiger partial charge in [0.05, 0.1) is 0 Å². The van der Waals surface area contributed by atoms with Crippen molar-refractivity contribution in [3.8, 4) is 16.9 Å². The molecule has 2 bridgehead atoms. The molecule has 3 aliphatic heterocycles. The average molecular weight is 336 g/mol. The van der Waals surface area contributed by atoms with Crippen molar-refractivity contribution in [3.05, 3.63) is 54.6 Å². The van der Waals surface area contributed by atoms with Crippen molar-refractivity contribution < 1.29 is 9.53 Å². The topological polar surface area (TPSA) is 41.6 Å². The Morgan fingerprint density at radius 3 is 2.32 bits per heavy atom. The predicted molar refractivity (Wildman–Crippen MR) is 98.5 cm³/mol. The molecule has 4 heteroatoms. The maximum atomic E-state index is 12.2. The first-order valence-electron chi connectivity index (χ1n) is 9.08. The van der Waals surface area contributed by atoms with Gasteiger partial charge in [0.25, 0.3) is 5.91 Å². The van der Waals surface area contributed by atoms with Crippen molar-refractivity contribution in [2.75, 3.05) is 26.2 Å². The Hall–Kier alpha value is -2.33. The monoisotopic (exact) mass is 336 g/mol. The lowest BCUT2D eigenvalue weighted by Crippen LogP contribution is -2.57. The second-order valence-electron chi connectivity index (χ2n) is 6.99. The standard InChI is InChI=1S/C21H24N2O2/c24-21(22-20-14-23-12-10-18(20)11-13-23)15-25-19-8-6-17(7-9-19)16-4-2-1-3-5-16/h1-9,18,20H,10-15H2,(H,22,24). The molecule has 3 heterocycles. The molecule has 1 amide bonds. The van der Waals surface area contributed by atoms with Crippen molar-refractivity contribution in [3.63, 3.8) is 0 Å². The fraction of sp³-hybridized carbons (Fsp3) is 0.381. The number of nitrogens with zero attached hydrogens (tertiary/aromatic N) is 1. The van der Waals surface area contributed by atoms with E-state index >= 15 is 0 Å². The number of benzene rings is 2. The zero-order valence-corrected chi connectivity index (χ0v) is 14.4. The second kappa shape index (κ2) is 7.28. The third-order valence-electron chi connectivity index (χ3n) is 5.33. The highest BCUT2D eigenvalue weighted by Crippen LogP contribution is 2.27. The SMILES string of the molecule is O=C(COc1ccc(-c2ccccc2)cc1)NC1CN2CCC1CC2. The molecule has 3 saturated heterocycles. The smallest absolute Gasteiger partial charge is 0.258 e. The molecule has 0 aliphatic carbocycles. The molecule has 0 spiro atoms. The molecular weight excluding hydrogens is 312 g/mol. The number of piperidine rings is 3. The quantitative estimate of drug-likeness (QED) is 0.913. The number of carbonyl (C=O) groups is 1. The van der Waals surface area contributed by atoms with Crippen LogP contribution in [0.4, 0.5) is 0 Å². The van der Waals surface area contributed by atoms with Crippen molar-refractivity contribution in [1.82, 2.24) is 10.2 Å². The van der Waals surface area contributed by atoms with Gasteiger partial charge in [-0.25, -0.2) is 0 Å². The van der Waals surface area contributed by atoms with Crippen LogP contribution in [0.1, 0.15) is 12.8 Å². The van der Waals surface area contributed by atoms with Gasteiger partial charge in [-0.1, -0.05) is 42.5 Å². The number of hydrogen-bond acceptors (Lipinski definition) is 3. The van der Waals surface area contributed by atoms with E-state index in [1.165, 1.54) is 31.5 Å². The van der Waals surface area contributed by atoms with Crippen LogP contribution in [0.15, 0.2) is 54.6 Å². The molecule has 4 nitrogen and oxygen atoms in total. The Bertz CT molecular complexity index is 706. The normalized spacial score (nSPS) is 24.7. The predicted octanol–water partition coefficient (Wildman–Crippen LogP) is 2.94. The fourth-order valence-corrected chi connectivity index (χ4v) is 3.90. The van der Waals surface area contributed by atoms with E-state index in [0.717, 1.165) is 17.9 Å². The molecular formula is C21H24N2O2. The molecule has 5 rings (SSSR count). The van der Waals surface area contributed by atoms with Gasteiger partial charge in [0.15, 0.2) is 6.61 Å². The number of carbonyl (C=O) groups excluding carboxylic acids is 1. The van der Waals surface area contributed by atoms with Crippen molar-refractivity contribution >= 4 is 5.91 Å². The van der Waals surface area contributed by atoms with E-state index in [-0.39, 0.29) is 12.5 Å². The van der Waals surface area contributed by atoms with E-state index in [0.29, 0.717) is 12.0 Å². The third kappa shape index (κ3) is 3.85. The van der Waals surface area contributed by atoms with Gasteiger partial charge in [-0.05, 0) is 55.1 Å². The Morgan fingerprint density at radius 2 is 1.68 bits per heavy atom. The number of nitrogens with one attached hydrogen (secondary N) is 1. The highest BCUT2D eigenvalue weighted by molar-refractivity contribution is 5.78. The Balaban J connectivity index is 1.29. The van der Waals surface area contributed by atoms with Gasteiger partial charge >= 0.3 is 0 Å². The maximum Gasteiger partial charge on any atom is 0.258 e. The van der Waals surface area contributed by atoms with Crippen LogP contribution in [0.3, 0.4) is 0 Å². The minimum absolute atomic E-state index is 0.0223. The Labute approximate surface area is 148 Å². The molecule has 0 aromatic heterocycles. The van der Waals surface area contributed by atoms with Gasteiger partial charge in [0.2, 0.25) is 0 Å². The van der Waals surface area contributed by atoms with Gasteiger partial charge in [-0.15, -0.1) is 0 Å². The van der Waals surface area contributed by atoms with Crippen LogP contribution in [0, 0.1) is 5.92 Å². The van der Waals surface area contributed by atoms with E-state index < -0.39 is 0 Å². The summed E-state index contributed by atoms with van der Waals surface area (Å²) in [6.07, 6.45) is 2.40. The summed E-state index contributed by atoms with van der Waals surface area (Å²) in [7, 11) is 0. The number of fused-ring (bicyclic) bond motifs is 3. The first-order valence-corrected chi connectivity index (χ1v) is 9.08. The zero-order chi connectivity index (χ0) is 17.1.